The fraction of sp³-hybridized carbons (Fsp3) is 0.194. The quantitative estimate of drug-likeness (QED) is 0.0808. The molecular formula is C36H37ClF4N6O3. The molecular weight excluding hydrogens is 676 g/mol. The lowest BCUT2D eigenvalue weighted by Gasteiger charge is -2.27. The smallest absolute Gasteiger partial charge is 0.266 e. The maximum Gasteiger partial charge on any atom is 0.266 e. The summed E-state index contributed by atoms with van der Waals surface area (Å²) in [6, 6.07) is 15.9. The second-order valence-electron chi connectivity index (χ2n) is 11.4. The largest absolute Gasteiger partial charge is 0.370 e. The summed E-state index contributed by atoms with van der Waals surface area (Å²) in [6.07, 6.45) is 0. The molecule has 1 unspecified atom stereocenters. The van der Waals surface area contributed by atoms with Crippen LogP contribution >= 0.6 is 12.4 Å². The van der Waals surface area contributed by atoms with Crippen molar-refractivity contribution in [2.24, 2.45) is 27.2 Å². The predicted molar refractivity (Wildman–Crippen MR) is 187 cm³/mol. The fourth-order valence-electron chi connectivity index (χ4n) is 5.18. The summed E-state index contributed by atoms with van der Waals surface area (Å²) in [6.45, 7) is 7.37. The Morgan fingerprint density at radius 3 is 1.36 bits per heavy atom. The molecule has 0 radical (unpaired) electrons. The Balaban J connectivity index is 0.000000304. The number of hydrogen-bond acceptors (Lipinski definition) is 6. The number of aliphatic imine (C=N–C) groups is 2. The van der Waals surface area contributed by atoms with E-state index < -0.39 is 46.3 Å². The van der Waals surface area contributed by atoms with Crippen molar-refractivity contribution in [1.82, 2.24) is 4.90 Å². The van der Waals surface area contributed by atoms with Gasteiger partial charge in [0.1, 0.15) is 23.3 Å². The van der Waals surface area contributed by atoms with Gasteiger partial charge in [-0.2, -0.15) is 0 Å². The van der Waals surface area contributed by atoms with Crippen molar-refractivity contribution in [3.05, 3.63) is 141 Å². The molecule has 1 aliphatic rings. The summed E-state index contributed by atoms with van der Waals surface area (Å²) in [7, 11) is 3.02. The van der Waals surface area contributed by atoms with Gasteiger partial charge in [-0.25, -0.2) is 22.6 Å². The number of halogens is 5. The Hall–Kier alpha value is -5.56. The molecule has 6 N–H and O–H groups in total. The van der Waals surface area contributed by atoms with Crippen molar-refractivity contribution in [1.29, 1.82) is 0 Å². The number of amides is 1. The normalized spacial score (nSPS) is 14.6. The molecule has 4 aromatic rings. The highest BCUT2D eigenvalue weighted by Crippen LogP contribution is 2.40. The van der Waals surface area contributed by atoms with Crippen LogP contribution in [0.25, 0.3) is 0 Å². The van der Waals surface area contributed by atoms with Crippen LogP contribution in [0.15, 0.2) is 82.8 Å². The molecule has 0 aromatic heterocycles. The molecule has 0 saturated carbocycles. The van der Waals surface area contributed by atoms with E-state index >= 15 is 0 Å². The van der Waals surface area contributed by atoms with Gasteiger partial charge in [0.15, 0.2) is 17.5 Å². The van der Waals surface area contributed by atoms with Crippen molar-refractivity contribution in [2.45, 2.75) is 33.2 Å². The molecule has 0 saturated heterocycles. The Morgan fingerprint density at radius 1 is 0.660 bits per heavy atom. The van der Waals surface area contributed by atoms with Crippen molar-refractivity contribution in [3.63, 3.8) is 0 Å². The molecule has 0 bridgehead atoms. The van der Waals surface area contributed by atoms with E-state index in [-0.39, 0.29) is 41.0 Å². The number of ketones is 2. The van der Waals surface area contributed by atoms with E-state index in [9.17, 15) is 31.9 Å². The molecule has 50 heavy (non-hydrogen) atoms. The first kappa shape index (κ1) is 40.6. The van der Waals surface area contributed by atoms with Gasteiger partial charge in [-0.05, 0) is 75.2 Å². The Kier molecular flexibility index (Phi) is 13.6. The van der Waals surface area contributed by atoms with E-state index in [2.05, 4.69) is 9.98 Å². The van der Waals surface area contributed by atoms with Gasteiger partial charge in [0.2, 0.25) is 11.6 Å². The van der Waals surface area contributed by atoms with Crippen LogP contribution in [0.5, 0.6) is 0 Å². The molecule has 1 heterocycles. The number of carbonyl (C=O) groups excluding carboxylic acids is 3. The Morgan fingerprint density at radius 2 is 1.00 bits per heavy atom. The molecule has 0 spiro atoms. The highest BCUT2D eigenvalue weighted by atomic mass is 35.5. The highest BCUT2D eigenvalue weighted by Gasteiger charge is 2.50. The van der Waals surface area contributed by atoms with Gasteiger partial charge in [0.05, 0.1) is 0 Å². The third-order valence-electron chi connectivity index (χ3n) is 7.23. The molecule has 1 amide bonds. The van der Waals surface area contributed by atoms with Gasteiger partial charge < -0.3 is 17.2 Å². The molecule has 0 aliphatic carbocycles. The van der Waals surface area contributed by atoms with E-state index in [0.717, 1.165) is 52.6 Å². The molecule has 5 rings (SSSR count). The first-order valence-electron chi connectivity index (χ1n) is 14.7. The van der Waals surface area contributed by atoms with Crippen LogP contribution in [0.2, 0.25) is 0 Å². The van der Waals surface area contributed by atoms with Crippen LogP contribution in [0, 0.1) is 51.0 Å². The molecule has 9 nitrogen and oxygen atoms in total. The number of rotatable bonds is 5. The van der Waals surface area contributed by atoms with Gasteiger partial charge in [0.25, 0.3) is 5.91 Å². The number of nitrogens with zero attached hydrogens (tertiary/aromatic N) is 3. The van der Waals surface area contributed by atoms with Gasteiger partial charge in [-0.1, -0.05) is 46.5 Å². The molecule has 264 valence electrons. The van der Waals surface area contributed by atoms with E-state index in [1.807, 2.05) is 26.0 Å². The number of nitrogens with two attached hydrogens (primary N) is 3. The van der Waals surface area contributed by atoms with Gasteiger partial charge >= 0.3 is 0 Å². The summed E-state index contributed by atoms with van der Waals surface area (Å²) < 4.78 is 53.8. The van der Waals surface area contributed by atoms with Crippen molar-refractivity contribution in [3.8, 4) is 0 Å². The molecule has 1 aliphatic heterocycles. The molecule has 1 atom stereocenters. The lowest BCUT2D eigenvalue weighted by atomic mass is 9.81. The SMILES string of the molecule is CN=C(N)N.Cc1cc(C)cc(C(=O)C(=O)c2cc(F)cc(F)c2)c1.Cc1cc(C)cc(C2(c3cc(F)cc(F)c3)N=C(N)N(C)C2=O)c1.Cl. The maximum atomic E-state index is 13.8. The number of guanidine groups is 2. The second kappa shape index (κ2) is 16.7. The number of likely N-dealkylation sites (N-methyl/N-ethyl adjacent to an activating group) is 1. The number of carbonyl (C=O) groups is 3. The predicted octanol–water partition coefficient (Wildman–Crippen LogP) is 5.57. The van der Waals surface area contributed by atoms with E-state index in [0.29, 0.717) is 11.6 Å². The summed E-state index contributed by atoms with van der Waals surface area (Å²) in [5.74, 6) is -5.34. The second-order valence-corrected chi connectivity index (χ2v) is 11.4. The van der Waals surface area contributed by atoms with Crippen LogP contribution in [0.3, 0.4) is 0 Å². The zero-order valence-electron chi connectivity index (χ0n) is 28.1. The third-order valence-corrected chi connectivity index (χ3v) is 7.23. The van der Waals surface area contributed by atoms with Gasteiger partial charge in [-0.15, -0.1) is 12.4 Å². The van der Waals surface area contributed by atoms with Crippen LogP contribution in [-0.4, -0.2) is 48.4 Å². The minimum Gasteiger partial charge on any atom is -0.370 e. The van der Waals surface area contributed by atoms with Crippen molar-refractivity contribution in [2.75, 3.05) is 14.1 Å². The van der Waals surface area contributed by atoms with Crippen molar-refractivity contribution >= 4 is 41.8 Å². The van der Waals surface area contributed by atoms with E-state index in [1.165, 1.54) is 19.0 Å². The van der Waals surface area contributed by atoms with Gasteiger partial charge in [-0.3, -0.25) is 24.3 Å². The summed E-state index contributed by atoms with van der Waals surface area (Å²) in [4.78, 5) is 45.9. The van der Waals surface area contributed by atoms with Gasteiger partial charge in [0, 0.05) is 37.4 Å². The van der Waals surface area contributed by atoms with Crippen LogP contribution in [0.1, 0.15) is 54.1 Å². The van der Waals surface area contributed by atoms with Crippen LogP contribution in [-0.2, 0) is 10.3 Å². The number of hydrogen-bond donors (Lipinski definition) is 3. The highest BCUT2D eigenvalue weighted by molar-refractivity contribution is 6.49. The monoisotopic (exact) mass is 712 g/mol. The lowest BCUT2D eigenvalue weighted by Crippen LogP contribution is -2.41. The van der Waals surface area contributed by atoms with Crippen LogP contribution < -0.4 is 17.2 Å². The topological polar surface area (TPSA) is 157 Å². The zero-order chi connectivity index (χ0) is 36.8. The molecule has 14 heteroatoms. The van der Waals surface area contributed by atoms with Crippen molar-refractivity contribution < 1.29 is 31.9 Å². The third kappa shape index (κ3) is 9.53. The first-order chi connectivity index (χ1) is 22.9. The zero-order valence-corrected chi connectivity index (χ0v) is 29.0. The Labute approximate surface area is 293 Å². The number of Topliss-reactive ketones (excluding diaryl/α,β-unsaturated/α-hetero) is 2. The average molecular weight is 713 g/mol. The molecule has 4 aromatic carbocycles. The first-order valence-corrected chi connectivity index (χ1v) is 14.7. The number of benzene rings is 4. The number of aryl methyl sites for hydroxylation is 4. The summed E-state index contributed by atoms with van der Waals surface area (Å²) >= 11 is 0. The molecule has 0 fully saturated rings. The minimum absolute atomic E-state index is 0. The lowest BCUT2D eigenvalue weighted by molar-refractivity contribution is -0.129. The summed E-state index contributed by atoms with van der Waals surface area (Å²) in [5.41, 5.74) is 18.0. The maximum absolute atomic E-state index is 13.8. The fourth-order valence-corrected chi connectivity index (χ4v) is 5.18. The minimum atomic E-state index is -1.58. The van der Waals surface area contributed by atoms with Crippen LogP contribution in [0.4, 0.5) is 17.6 Å². The Bertz CT molecular complexity index is 1800. The summed E-state index contributed by atoms with van der Waals surface area (Å²) in [5, 5.41) is 0. The average Bonchev–Trinajstić information content (AvgIpc) is 3.23. The van der Waals surface area contributed by atoms with E-state index in [1.54, 1.807) is 38.1 Å². The van der Waals surface area contributed by atoms with E-state index in [4.69, 9.17) is 17.2 Å². The standard InChI is InChI=1S/C18H17F2N3O.C16H12F2O2.C2H7N3.ClH/c1-10-4-11(2)6-12(5-10)18(16(24)23(3)17(21)22-18)13-7-14(19)9-15(20)8-13;1-9-3-10(2)5-11(4-9)15(19)16(20)12-6-13(17)8-14(18)7-12;1-5-2(3)4;/h4-9H,1-3H3,(H2,21,22);3-8H,1-2H3;1H3,(H4,3,4,5);1H.